The smallest absolute Gasteiger partial charge is 0.404 e. The molecule has 1 aromatic carbocycles. The van der Waals surface area contributed by atoms with Gasteiger partial charge in [-0.3, -0.25) is 4.79 Å². The number of nitrogens with zero attached hydrogens (tertiary/aromatic N) is 1. The van der Waals surface area contributed by atoms with Crippen LogP contribution in [0, 0.1) is 0 Å². The first-order valence-corrected chi connectivity index (χ1v) is 5.31. The van der Waals surface area contributed by atoms with Crippen LogP contribution in [-0.4, -0.2) is 41.5 Å². The van der Waals surface area contributed by atoms with Gasteiger partial charge in [0.25, 0.3) is 0 Å². The molecular weight excluding hydrogens is 276 g/mol. The standard InChI is InChI=1S/C9H8ClNO3.C2H5NO2/c1-14-7-4-2-6(3-5-7)8(12)9(10)11-13;1-3-2(4)5/h2-5,13H,1H3;3H,1H3,(H,4,5). The monoisotopic (exact) mass is 288 g/mol. The third-order valence-corrected chi connectivity index (χ3v) is 2.09. The Morgan fingerprint density at radius 1 is 1.32 bits per heavy atom. The number of carbonyl (C=O) groups is 2. The number of benzene rings is 1. The molecule has 0 heterocycles. The number of carbonyl (C=O) groups excluding carboxylic acids is 1. The summed E-state index contributed by atoms with van der Waals surface area (Å²) in [7, 11) is 2.88. The second-order valence-corrected chi connectivity index (χ2v) is 3.36. The Bertz CT molecular complexity index is 459. The average Bonchev–Trinajstić information content (AvgIpc) is 2.46. The lowest BCUT2D eigenvalue weighted by Gasteiger charge is -2.00. The van der Waals surface area contributed by atoms with E-state index in [1.807, 2.05) is 5.32 Å². The first-order valence-electron chi connectivity index (χ1n) is 4.93. The predicted molar refractivity (Wildman–Crippen MR) is 69.5 cm³/mol. The number of nitrogens with one attached hydrogen (secondary N) is 1. The van der Waals surface area contributed by atoms with E-state index in [2.05, 4.69) is 5.16 Å². The highest BCUT2D eigenvalue weighted by Crippen LogP contribution is 2.12. The van der Waals surface area contributed by atoms with Crippen molar-refractivity contribution in [1.29, 1.82) is 0 Å². The number of oxime groups is 1. The number of amides is 1. The van der Waals surface area contributed by atoms with Gasteiger partial charge in [0, 0.05) is 12.6 Å². The Labute approximate surface area is 114 Å². The molecule has 1 amide bonds. The first kappa shape index (κ1) is 16.7. The Hall–Kier alpha value is -2.28. The van der Waals surface area contributed by atoms with Crippen LogP contribution < -0.4 is 10.1 Å². The van der Waals surface area contributed by atoms with E-state index in [0.29, 0.717) is 11.3 Å². The van der Waals surface area contributed by atoms with E-state index < -0.39 is 17.0 Å². The van der Waals surface area contributed by atoms with Crippen molar-refractivity contribution in [2.24, 2.45) is 5.16 Å². The maximum atomic E-state index is 11.3. The van der Waals surface area contributed by atoms with E-state index in [0.717, 1.165) is 0 Å². The van der Waals surface area contributed by atoms with Gasteiger partial charge in [0.2, 0.25) is 11.0 Å². The summed E-state index contributed by atoms with van der Waals surface area (Å²) in [6, 6.07) is 6.31. The van der Waals surface area contributed by atoms with Gasteiger partial charge in [0.05, 0.1) is 7.11 Å². The Morgan fingerprint density at radius 3 is 2.11 bits per heavy atom. The number of Topliss-reactive ketones (excluding diaryl/α,β-unsaturated/α-hetero) is 1. The zero-order valence-corrected chi connectivity index (χ0v) is 11.0. The summed E-state index contributed by atoms with van der Waals surface area (Å²) < 4.78 is 4.91. The van der Waals surface area contributed by atoms with Crippen molar-refractivity contribution in [2.75, 3.05) is 14.2 Å². The third kappa shape index (κ3) is 6.27. The van der Waals surface area contributed by atoms with Gasteiger partial charge in [-0.2, -0.15) is 0 Å². The number of ketones is 1. The summed E-state index contributed by atoms with van der Waals surface area (Å²) in [4.78, 5) is 20.6. The van der Waals surface area contributed by atoms with Gasteiger partial charge in [-0.1, -0.05) is 16.8 Å². The van der Waals surface area contributed by atoms with Crippen LogP contribution in [0.3, 0.4) is 0 Å². The normalized spacial score (nSPS) is 9.95. The second kappa shape index (κ2) is 8.76. The zero-order chi connectivity index (χ0) is 14.8. The summed E-state index contributed by atoms with van der Waals surface area (Å²) in [6.45, 7) is 0. The molecule has 3 N–H and O–H groups in total. The molecule has 0 aliphatic rings. The summed E-state index contributed by atoms with van der Waals surface area (Å²) in [6.07, 6.45) is -0.995. The Morgan fingerprint density at radius 2 is 1.79 bits per heavy atom. The van der Waals surface area contributed by atoms with Crippen molar-refractivity contribution in [2.45, 2.75) is 0 Å². The van der Waals surface area contributed by atoms with Crippen LogP contribution in [0.25, 0.3) is 0 Å². The number of methoxy groups -OCH3 is 1. The largest absolute Gasteiger partial charge is 0.497 e. The van der Waals surface area contributed by atoms with Gasteiger partial charge in [-0.25, -0.2) is 4.79 Å². The molecule has 8 heteroatoms. The number of carboxylic acid groups (broad SMARTS) is 1. The lowest BCUT2D eigenvalue weighted by Crippen LogP contribution is -2.13. The van der Waals surface area contributed by atoms with E-state index in [-0.39, 0.29) is 0 Å². The lowest BCUT2D eigenvalue weighted by molar-refractivity contribution is 0.106. The summed E-state index contributed by atoms with van der Waals surface area (Å²) in [5.74, 6) is 0.107. The average molecular weight is 289 g/mol. The minimum Gasteiger partial charge on any atom is -0.497 e. The molecule has 0 fully saturated rings. The van der Waals surface area contributed by atoms with Crippen molar-refractivity contribution in [3.63, 3.8) is 0 Å². The van der Waals surface area contributed by atoms with Crippen molar-refractivity contribution in [3.8, 4) is 5.75 Å². The fourth-order valence-electron chi connectivity index (χ4n) is 0.907. The van der Waals surface area contributed by atoms with Gasteiger partial charge in [-0.05, 0) is 24.3 Å². The molecule has 1 aromatic rings. The van der Waals surface area contributed by atoms with Crippen LogP contribution in [-0.2, 0) is 0 Å². The van der Waals surface area contributed by atoms with E-state index in [4.69, 9.17) is 26.7 Å². The Kier molecular flexibility index (Phi) is 7.71. The van der Waals surface area contributed by atoms with E-state index in [1.165, 1.54) is 26.3 Å². The highest BCUT2D eigenvalue weighted by atomic mass is 35.5. The van der Waals surface area contributed by atoms with Gasteiger partial charge in [-0.15, -0.1) is 0 Å². The molecule has 0 aromatic heterocycles. The molecule has 0 aliphatic carbocycles. The fraction of sp³-hybridized carbons (Fsp3) is 0.182. The van der Waals surface area contributed by atoms with Crippen molar-refractivity contribution >= 4 is 28.6 Å². The molecule has 7 nitrogen and oxygen atoms in total. The number of rotatable bonds is 3. The SMILES string of the molecule is CNC(=O)O.COc1ccc(C(=O)C(Cl)=NO)cc1. The highest BCUT2D eigenvalue weighted by Gasteiger charge is 2.11. The van der Waals surface area contributed by atoms with Crippen molar-refractivity contribution in [1.82, 2.24) is 5.32 Å². The zero-order valence-electron chi connectivity index (χ0n) is 10.3. The van der Waals surface area contributed by atoms with Crippen LogP contribution in [0.1, 0.15) is 10.4 Å². The van der Waals surface area contributed by atoms with E-state index in [9.17, 15) is 9.59 Å². The third-order valence-electron chi connectivity index (χ3n) is 1.84. The molecule has 0 unspecified atom stereocenters. The molecule has 1 rings (SSSR count). The topological polar surface area (TPSA) is 108 Å². The van der Waals surface area contributed by atoms with Crippen LogP contribution in [0.4, 0.5) is 4.79 Å². The van der Waals surface area contributed by atoms with Crippen LogP contribution in [0.5, 0.6) is 5.75 Å². The van der Waals surface area contributed by atoms with Crippen LogP contribution in [0.15, 0.2) is 29.4 Å². The quantitative estimate of drug-likeness (QED) is 0.340. The molecule has 0 saturated heterocycles. The maximum absolute atomic E-state index is 11.3. The number of halogens is 1. The number of ether oxygens (including phenoxy) is 1. The van der Waals surface area contributed by atoms with E-state index >= 15 is 0 Å². The fourth-order valence-corrected chi connectivity index (χ4v) is 1.02. The molecule has 104 valence electrons. The molecule has 19 heavy (non-hydrogen) atoms. The predicted octanol–water partition coefficient (Wildman–Crippen LogP) is 1.79. The lowest BCUT2D eigenvalue weighted by atomic mass is 10.1. The Balaban J connectivity index is 0.000000555. The number of hydrogen-bond donors (Lipinski definition) is 3. The van der Waals surface area contributed by atoms with Gasteiger partial charge < -0.3 is 20.4 Å². The molecule has 0 saturated carbocycles. The van der Waals surface area contributed by atoms with Crippen molar-refractivity contribution < 1.29 is 24.6 Å². The summed E-state index contributed by atoms with van der Waals surface area (Å²) in [5.41, 5.74) is 0.341. The minimum absolute atomic E-state index is 0.341. The minimum atomic E-state index is -0.995. The summed E-state index contributed by atoms with van der Waals surface area (Å²) in [5, 5.41) is 20.0. The molecule has 0 aliphatic heterocycles. The van der Waals surface area contributed by atoms with Crippen molar-refractivity contribution in [3.05, 3.63) is 29.8 Å². The van der Waals surface area contributed by atoms with Crippen LogP contribution >= 0.6 is 11.6 Å². The molecule has 0 spiro atoms. The summed E-state index contributed by atoms with van der Waals surface area (Å²) >= 11 is 5.34. The number of hydrogen-bond acceptors (Lipinski definition) is 5. The highest BCUT2D eigenvalue weighted by molar-refractivity contribution is 6.84. The maximum Gasteiger partial charge on any atom is 0.404 e. The first-order chi connectivity index (χ1) is 8.96. The molecule has 0 bridgehead atoms. The molecule has 0 radical (unpaired) electrons. The molecule has 0 atom stereocenters. The van der Waals surface area contributed by atoms with Gasteiger partial charge >= 0.3 is 6.09 Å². The van der Waals surface area contributed by atoms with Gasteiger partial charge in [0.1, 0.15) is 5.75 Å². The molecular formula is C11H13ClN2O5. The van der Waals surface area contributed by atoms with Crippen LogP contribution in [0.2, 0.25) is 0 Å². The van der Waals surface area contributed by atoms with Gasteiger partial charge in [0.15, 0.2) is 0 Å². The second-order valence-electron chi connectivity index (χ2n) is 3.00. The van der Waals surface area contributed by atoms with E-state index in [1.54, 1.807) is 12.1 Å².